The number of nitrogens with two attached hydrogens (primary N) is 1. The molecule has 2 heterocycles. The zero-order valence-corrected chi connectivity index (χ0v) is 15.2. The summed E-state index contributed by atoms with van der Waals surface area (Å²) < 4.78 is 20.1. The molecule has 7 nitrogen and oxygen atoms in total. The molecule has 0 radical (unpaired) electrons. The maximum Gasteiger partial charge on any atom is 0.277 e. The molecule has 3 rings (SSSR count). The molecule has 0 spiro atoms. The number of halogens is 2. The molecule has 3 aromatic rings. The number of rotatable bonds is 6. The van der Waals surface area contributed by atoms with Gasteiger partial charge in [-0.3, -0.25) is 14.3 Å². The predicted molar refractivity (Wildman–Crippen MR) is 102 cm³/mol. The monoisotopic (exact) mass is 397 g/mol. The molecule has 138 valence electrons. The molecule has 0 atom stereocenters. The van der Waals surface area contributed by atoms with Gasteiger partial charge in [0.25, 0.3) is 5.56 Å². The summed E-state index contributed by atoms with van der Waals surface area (Å²) in [6.07, 6.45) is 1.90. The summed E-state index contributed by atoms with van der Waals surface area (Å²) in [5.74, 6) is 0.583. The number of hydrogen-bond acceptors (Lipinski definition) is 5. The Hall–Kier alpha value is -2.49. The SMILES string of the molecule is Cl.NC/C(=C/F)COc1cccc(Cn2c(=S)[nH]c(=O)c3[nH]cnc32)c1. The number of ether oxygens (including phenoxy) is 1. The van der Waals surface area contributed by atoms with E-state index in [-0.39, 0.29) is 35.9 Å². The fourth-order valence-electron chi connectivity index (χ4n) is 2.36. The van der Waals surface area contributed by atoms with E-state index >= 15 is 0 Å². The van der Waals surface area contributed by atoms with Crippen molar-refractivity contribution in [2.45, 2.75) is 6.54 Å². The first-order valence-corrected chi connectivity index (χ1v) is 7.89. The van der Waals surface area contributed by atoms with Crippen molar-refractivity contribution < 1.29 is 9.13 Å². The second-order valence-corrected chi connectivity index (χ2v) is 5.74. The molecule has 0 fully saturated rings. The van der Waals surface area contributed by atoms with E-state index in [4.69, 9.17) is 22.7 Å². The third-order valence-electron chi connectivity index (χ3n) is 3.65. The summed E-state index contributed by atoms with van der Waals surface area (Å²) in [5, 5.41) is 0. The van der Waals surface area contributed by atoms with Gasteiger partial charge in [0, 0.05) is 12.1 Å². The first-order valence-electron chi connectivity index (χ1n) is 7.48. The van der Waals surface area contributed by atoms with Gasteiger partial charge in [-0.15, -0.1) is 12.4 Å². The third kappa shape index (κ3) is 4.18. The summed E-state index contributed by atoms with van der Waals surface area (Å²) in [7, 11) is 0. The van der Waals surface area contributed by atoms with Gasteiger partial charge in [0.15, 0.2) is 10.4 Å². The number of aromatic amines is 2. The average Bonchev–Trinajstić information content (AvgIpc) is 3.10. The largest absolute Gasteiger partial charge is 0.489 e. The molecule has 0 aliphatic carbocycles. The van der Waals surface area contributed by atoms with Gasteiger partial charge in [-0.25, -0.2) is 9.37 Å². The van der Waals surface area contributed by atoms with Crippen LogP contribution >= 0.6 is 24.6 Å². The van der Waals surface area contributed by atoms with E-state index in [0.717, 1.165) is 5.56 Å². The third-order valence-corrected chi connectivity index (χ3v) is 3.97. The molecule has 1 aromatic carbocycles. The first-order chi connectivity index (χ1) is 12.1. The van der Waals surface area contributed by atoms with Crippen molar-refractivity contribution in [2.75, 3.05) is 13.2 Å². The van der Waals surface area contributed by atoms with Gasteiger partial charge < -0.3 is 15.5 Å². The van der Waals surface area contributed by atoms with Crippen LogP contribution in [0.5, 0.6) is 5.75 Å². The topological polar surface area (TPSA) is 102 Å². The van der Waals surface area contributed by atoms with Crippen LogP contribution in [-0.4, -0.2) is 32.7 Å². The van der Waals surface area contributed by atoms with E-state index in [1.165, 1.54) is 6.33 Å². The molecule has 0 aliphatic heterocycles. The molecule has 2 aromatic heterocycles. The Labute approximate surface area is 159 Å². The predicted octanol–water partition coefficient (Wildman–Crippen LogP) is 2.44. The quantitative estimate of drug-likeness (QED) is 0.554. The Morgan fingerprint density at radius 1 is 1.46 bits per heavy atom. The van der Waals surface area contributed by atoms with E-state index in [2.05, 4.69) is 15.0 Å². The lowest BCUT2D eigenvalue weighted by Crippen LogP contribution is -2.15. The first kappa shape index (κ1) is 19.8. The van der Waals surface area contributed by atoms with Crippen LogP contribution in [0.1, 0.15) is 5.56 Å². The van der Waals surface area contributed by atoms with Crippen molar-refractivity contribution in [3.63, 3.8) is 0 Å². The zero-order chi connectivity index (χ0) is 17.8. The van der Waals surface area contributed by atoms with Crippen molar-refractivity contribution in [1.82, 2.24) is 19.5 Å². The molecule has 0 saturated heterocycles. The van der Waals surface area contributed by atoms with Crippen LogP contribution < -0.4 is 16.0 Å². The zero-order valence-electron chi connectivity index (χ0n) is 13.6. The molecule has 10 heteroatoms. The number of imidazole rings is 1. The van der Waals surface area contributed by atoms with Crippen LogP contribution in [0.2, 0.25) is 0 Å². The highest BCUT2D eigenvalue weighted by atomic mass is 35.5. The highest BCUT2D eigenvalue weighted by molar-refractivity contribution is 7.71. The minimum Gasteiger partial charge on any atom is -0.489 e. The highest BCUT2D eigenvalue weighted by Gasteiger charge is 2.09. The molecule has 4 N–H and O–H groups in total. The number of aromatic nitrogens is 4. The maximum absolute atomic E-state index is 12.5. The second-order valence-electron chi connectivity index (χ2n) is 5.35. The van der Waals surface area contributed by atoms with Crippen LogP contribution in [0.3, 0.4) is 0 Å². The van der Waals surface area contributed by atoms with E-state index in [0.29, 0.717) is 35.4 Å². The summed E-state index contributed by atoms with van der Waals surface area (Å²) >= 11 is 5.24. The Kier molecular flexibility index (Phi) is 6.67. The summed E-state index contributed by atoms with van der Waals surface area (Å²) in [6, 6.07) is 7.31. The maximum atomic E-state index is 12.5. The van der Waals surface area contributed by atoms with Crippen molar-refractivity contribution in [1.29, 1.82) is 0 Å². The van der Waals surface area contributed by atoms with Gasteiger partial charge in [0.2, 0.25) is 0 Å². The molecular formula is C16H17ClFN5O2S. The number of benzene rings is 1. The number of H-pyrrole nitrogens is 2. The Balaban J connectivity index is 0.00000243. The fourth-order valence-corrected chi connectivity index (χ4v) is 2.60. The summed E-state index contributed by atoms with van der Waals surface area (Å²) in [6.45, 7) is 0.578. The average molecular weight is 398 g/mol. The van der Waals surface area contributed by atoms with E-state index in [1.54, 1.807) is 10.6 Å². The molecular weight excluding hydrogens is 381 g/mol. The number of fused-ring (bicyclic) bond motifs is 1. The minimum atomic E-state index is -0.307. The number of hydrogen-bond donors (Lipinski definition) is 3. The molecule has 26 heavy (non-hydrogen) atoms. The van der Waals surface area contributed by atoms with Gasteiger partial charge in [0.05, 0.1) is 19.2 Å². The van der Waals surface area contributed by atoms with Crippen LogP contribution in [0.15, 0.2) is 47.3 Å². The molecule has 0 aliphatic rings. The lowest BCUT2D eigenvalue weighted by atomic mass is 10.2. The van der Waals surface area contributed by atoms with Crippen LogP contribution in [-0.2, 0) is 6.54 Å². The van der Waals surface area contributed by atoms with E-state index < -0.39 is 0 Å². The van der Waals surface area contributed by atoms with Crippen molar-refractivity contribution in [3.05, 3.63) is 63.2 Å². The van der Waals surface area contributed by atoms with Crippen LogP contribution in [0, 0.1) is 4.77 Å². The van der Waals surface area contributed by atoms with Crippen LogP contribution in [0.4, 0.5) is 4.39 Å². The lowest BCUT2D eigenvalue weighted by molar-refractivity contribution is 0.347. The van der Waals surface area contributed by atoms with Crippen molar-refractivity contribution >= 4 is 35.8 Å². The number of nitrogens with one attached hydrogen (secondary N) is 2. The van der Waals surface area contributed by atoms with Crippen LogP contribution in [0.25, 0.3) is 11.2 Å². The smallest absolute Gasteiger partial charge is 0.277 e. The van der Waals surface area contributed by atoms with E-state index in [9.17, 15) is 9.18 Å². The summed E-state index contributed by atoms with van der Waals surface area (Å²) in [5.41, 5.74) is 7.20. The standard InChI is InChI=1S/C16H16FN5O2S.ClH/c17-5-11(6-18)8-24-12-3-1-2-10(4-12)7-22-14-13(19-9-20-14)15(23)21-16(22)25;/h1-5,9H,6-8,18H2,(H,19,20)(H,21,23,25);1H/b11-5-;. The summed E-state index contributed by atoms with van der Waals surface area (Å²) in [4.78, 5) is 21.4. The van der Waals surface area contributed by atoms with Gasteiger partial charge in [-0.05, 0) is 29.9 Å². The number of nitrogens with zero attached hydrogens (tertiary/aromatic N) is 2. The molecule has 0 amide bonds. The lowest BCUT2D eigenvalue weighted by Gasteiger charge is -2.11. The highest BCUT2D eigenvalue weighted by Crippen LogP contribution is 2.16. The molecule has 0 saturated carbocycles. The second kappa shape index (κ2) is 8.75. The minimum absolute atomic E-state index is 0. The van der Waals surface area contributed by atoms with Gasteiger partial charge in [-0.1, -0.05) is 12.1 Å². The Morgan fingerprint density at radius 3 is 3.00 bits per heavy atom. The molecule has 0 bridgehead atoms. The van der Waals surface area contributed by atoms with Gasteiger partial charge in [-0.2, -0.15) is 0 Å². The fraction of sp³-hybridized carbons (Fsp3) is 0.188. The van der Waals surface area contributed by atoms with Crippen molar-refractivity contribution in [2.24, 2.45) is 5.73 Å². The normalized spacial score (nSPS) is 11.4. The Bertz CT molecular complexity index is 1040. The Morgan fingerprint density at radius 2 is 2.27 bits per heavy atom. The van der Waals surface area contributed by atoms with Gasteiger partial charge in [0.1, 0.15) is 17.9 Å². The van der Waals surface area contributed by atoms with E-state index in [1.807, 2.05) is 18.2 Å². The molecule has 0 unspecified atom stereocenters. The van der Waals surface area contributed by atoms with Gasteiger partial charge >= 0.3 is 0 Å². The van der Waals surface area contributed by atoms with Crippen molar-refractivity contribution in [3.8, 4) is 5.75 Å².